The Labute approximate surface area is 134 Å². The van der Waals surface area contributed by atoms with Crippen LogP contribution in [0.2, 0.25) is 0 Å². The molecule has 2 heterocycles. The van der Waals surface area contributed by atoms with Crippen LogP contribution < -0.4 is 5.73 Å². The largest absolute Gasteiger partial charge is 0.416 e. The molecule has 0 unspecified atom stereocenters. The summed E-state index contributed by atoms with van der Waals surface area (Å²) in [7, 11) is 0. The number of halogens is 3. The normalized spacial score (nSPS) is 12.0. The number of primary amides is 1. The predicted molar refractivity (Wildman–Crippen MR) is 81.0 cm³/mol. The number of nitrogens with zero attached hydrogens (tertiary/aromatic N) is 3. The molecule has 0 radical (unpaired) electrons. The van der Waals surface area contributed by atoms with E-state index in [1.807, 2.05) is 0 Å². The number of nitrogens with one attached hydrogen (secondary N) is 1. The lowest BCUT2D eigenvalue weighted by atomic mass is 9.97. The number of amides is 1. The molecule has 0 aliphatic rings. The molecule has 126 valence electrons. The van der Waals surface area contributed by atoms with Gasteiger partial charge in [-0.3, -0.25) is 14.6 Å². The number of rotatable bonds is 3. The predicted octanol–water partition coefficient (Wildman–Crippen LogP) is 2.55. The highest BCUT2D eigenvalue weighted by molar-refractivity contribution is 5.96. The van der Waals surface area contributed by atoms with E-state index in [1.54, 1.807) is 13.8 Å². The van der Waals surface area contributed by atoms with Crippen molar-refractivity contribution in [3.63, 3.8) is 0 Å². The SMILES string of the molecule is Cc1nn(CC(N)=O)c(C)c1-c1cc(C(F)(F)F)cc2[nH]ncc12. The van der Waals surface area contributed by atoms with Gasteiger partial charge in [0.25, 0.3) is 0 Å². The third kappa shape index (κ3) is 2.61. The first kappa shape index (κ1) is 16.0. The van der Waals surface area contributed by atoms with E-state index < -0.39 is 17.6 Å². The van der Waals surface area contributed by atoms with Crippen molar-refractivity contribution in [1.29, 1.82) is 0 Å². The molecule has 3 N–H and O–H groups in total. The van der Waals surface area contributed by atoms with E-state index in [4.69, 9.17) is 5.73 Å². The molecule has 0 aliphatic heterocycles. The molecule has 0 bridgehead atoms. The van der Waals surface area contributed by atoms with Crippen LogP contribution >= 0.6 is 0 Å². The Balaban J connectivity index is 2.28. The van der Waals surface area contributed by atoms with E-state index in [0.717, 1.165) is 12.1 Å². The minimum Gasteiger partial charge on any atom is -0.368 e. The summed E-state index contributed by atoms with van der Waals surface area (Å²) in [6.45, 7) is 3.22. The molecule has 0 atom stereocenters. The van der Waals surface area contributed by atoms with Gasteiger partial charge in [0.2, 0.25) is 5.91 Å². The molecule has 0 saturated carbocycles. The third-order valence-corrected chi connectivity index (χ3v) is 3.84. The Bertz CT molecular complexity index is 939. The van der Waals surface area contributed by atoms with E-state index in [9.17, 15) is 18.0 Å². The van der Waals surface area contributed by atoms with Crippen molar-refractivity contribution in [3.8, 4) is 11.1 Å². The first-order valence-electron chi connectivity index (χ1n) is 7.05. The molecule has 24 heavy (non-hydrogen) atoms. The smallest absolute Gasteiger partial charge is 0.368 e. The van der Waals surface area contributed by atoms with Crippen LogP contribution in [0.4, 0.5) is 13.2 Å². The molecule has 0 saturated heterocycles. The van der Waals surface area contributed by atoms with Crippen molar-refractivity contribution in [2.75, 3.05) is 0 Å². The average molecular weight is 337 g/mol. The number of hydrogen-bond donors (Lipinski definition) is 2. The van der Waals surface area contributed by atoms with Crippen LogP contribution in [0.5, 0.6) is 0 Å². The van der Waals surface area contributed by atoms with Crippen LogP contribution in [0.25, 0.3) is 22.0 Å². The number of aryl methyl sites for hydroxylation is 1. The first-order chi connectivity index (χ1) is 11.2. The maximum absolute atomic E-state index is 13.2. The molecule has 0 aliphatic carbocycles. The van der Waals surface area contributed by atoms with Gasteiger partial charge in [0.1, 0.15) is 6.54 Å². The topological polar surface area (TPSA) is 89.6 Å². The average Bonchev–Trinajstić information content (AvgIpc) is 3.02. The lowest BCUT2D eigenvalue weighted by Crippen LogP contribution is -2.20. The summed E-state index contributed by atoms with van der Waals surface area (Å²) in [5.74, 6) is -0.579. The number of hydrogen-bond acceptors (Lipinski definition) is 3. The fraction of sp³-hybridized carbons (Fsp3) is 0.267. The minimum absolute atomic E-state index is 0.139. The van der Waals surface area contributed by atoms with Crippen molar-refractivity contribution in [1.82, 2.24) is 20.0 Å². The van der Waals surface area contributed by atoms with Crippen LogP contribution in [-0.2, 0) is 17.5 Å². The summed E-state index contributed by atoms with van der Waals surface area (Å²) in [6, 6.07) is 2.09. The lowest BCUT2D eigenvalue weighted by Gasteiger charge is -2.11. The van der Waals surface area contributed by atoms with Gasteiger partial charge in [0.15, 0.2) is 0 Å². The highest BCUT2D eigenvalue weighted by Gasteiger charge is 2.32. The standard InChI is InChI=1S/C15H14F3N5O/c1-7-14(8(2)23(22-7)6-13(19)24)10-3-9(15(16,17)18)4-12-11(10)5-20-21-12/h3-5H,6H2,1-2H3,(H2,19,24)(H,20,21). The number of nitrogens with two attached hydrogens (primary N) is 1. The van der Waals surface area contributed by atoms with E-state index in [1.165, 1.54) is 10.9 Å². The Morgan fingerprint density at radius 1 is 1.33 bits per heavy atom. The highest BCUT2D eigenvalue weighted by atomic mass is 19.4. The monoisotopic (exact) mass is 337 g/mol. The molecule has 3 aromatic rings. The number of fused-ring (bicyclic) bond motifs is 1. The fourth-order valence-electron chi connectivity index (χ4n) is 2.81. The van der Waals surface area contributed by atoms with E-state index in [2.05, 4.69) is 15.3 Å². The van der Waals surface area contributed by atoms with Gasteiger partial charge in [0, 0.05) is 16.6 Å². The molecular weight excluding hydrogens is 323 g/mol. The zero-order valence-corrected chi connectivity index (χ0v) is 12.9. The number of aromatic nitrogens is 4. The number of alkyl halides is 3. The molecule has 3 rings (SSSR count). The molecule has 9 heteroatoms. The zero-order valence-electron chi connectivity index (χ0n) is 12.9. The maximum atomic E-state index is 13.2. The molecule has 0 fully saturated rings. The summed E-state index contributed by atoms with van der Waals surface area (Å²) >= 11 is 0. The van der Waals surface area contributed by atoms with Crippen molar-refractivity contribution < 1.29 is 18.0 Å². The molecule has 2 aromatic heterocycles. The zero-order chi connectivity index (χ0) is 17.6. The Morgan fingerprint density at radius 2 is 2.04 bits per heavy atom. The highest BCUT2D eigenvalue weighted by Crippen LogP contribution is 2.38. The van der Waals surface area contributed by atoms with Gasteiger partial charge in [-0.15, -0.1) is 0 Å². The summed E-state index contributed by atoms with van der Waals surface area (Å²) in [4.78, 5) is 11.1. The van der Waals surface area contributed by atoms with Gasteiger partial charge in [-0.1, -0.05) is 0 Å². The maximum Gasteiger partial charge on any atom is 0.416 e. The minimum atomic E-state index is -4.49. The molecule has 0 spiro atoms. The van der Waals surface area contributed by atoms with Gasteiger partial charge in [-0.2, -0.15) is 23.4 Å². The number of H-pyrrole nitrogens is 1. The Kier molecular flexibility index (Phi) is 3.58. The molecule has 6 nitrogen and oxygen atoms in total. The number of benzene rings is 1. The summed E-state index contributed by atoms with van der Waals surface area (Å²) < 4.78 is 40.9. The Hall–Kier alpha value is -2.84. The second-order valence-corrected chi connectivity index (χ2v) is 5.52. The molecule has 1 amide bonds. The number of carbonyl (C=O) groups excluding carboxylic acids is 1. The summed E-state index contributed by atoms with van der Waals surface area (Å²) in [5, 5.41) is 11.2. The summed E-state index contributed by atoms with van der Waals surface area (Å²) in [5.41, 5.74) is 6.65. The Morgan fingerprint density at radius 3 is 2.67 bits per heavy atom. The van der Waals surface area contributed by atoms with Gasteiger partial charge in [-0.05, 0) is 31.5 Å². The lowest BCUT2D eigenvalue weighted by molar-refractivity contribution is -0.137. The van der Waals surface area contributed by atoms with Gasteiger partial charge in [-0.25, -0.2) is 0 Å². The van der Waals surface area contributed by atoms with E-state index >= 15 is 0 Å². The molecule has 1 aromatic carbocycles. The van der Waals surface area contributed by atoms with Gasteiger partial charge in [0.05, 0.1) is 23.0 Å². The summed E-state index contributed by atoms with van der Waals surface area (Å²) in [6.07, 6.45) is -3.02. The first-order valence-corrected chi connectivity index (χ1v) is 7.05. The van der Waals surface area contributed by atoms with Crippen LogP contribution in [0.3, 0.4) is 0 Å². The van der Waals surface area contributed by atoms with Gasteiger partial charge >= 0.3 is 6.18 Å². The fourth-order valence-corrected chi connectivity index (χ4v) is 2.81. The van der Waals surface area contributed by atoms with Crippen LogP contribution in [0, 0.1) is 13.8 Å². The van der Waals surface area contributed by atoms with Gasteiger partial charge < -0.3 is 5.73 Å². The number of aromatic amines is 1. The van der Waals surface area contributed by atoms with E-state index in [-0.39, 0.29) is 12.1 Å². The van der Waals surface area contributed by atoms with Crippen molar-refractivity contribution in [2.45, 2.75) is 26.6 Å². The van der Waals surface area contributed by atoms with Crippen LogP contribution in [-0.4, -0.2) is 25.9 Å². The second kappa shape index (κ2) is 5.36. The van der Waals surface area contributed by atoms with Crippen LogP contribution in [0.1, 0.15) is 17.0 Å². The van der Waals surface area contributed by atoms with Crippen molar-refractivity contribution in [2.24, 2.45) is 5.73 Å². The number of carbonyl (C=O) groups is 1. The van der Waals surface area contributed by atoms with Crippen molar-refractivity contribution in [3.05, 3.63) is 35.3 Å². The van der Waals surface area contributed by atoms with E-state index in [0.29, 0.717) is 27.9 Å². The third-order valence-electron chi connectivity index (χ3n) is 3.84. The van der Waals surface area contributed by atoms with Crippen molar-refractivity contribution >= 4 is 16.8 Å². The molecular formula is C15H14F3N5O. The van der Waals surface area contributed by atoms with Crippen LogP contribution in [0.15, 0.2) is 18.3 Å². The quantitative estimate of drug-likeness (QED) is 0.770. The second-order valence-electron chi connectivity index (χ2n) is 5.52.